The molecule has 5 aromatic rings. The predicted octanol–water partition coefficient (Wildman–Crippen LogP) is 4.82. The number of rotatable bonds is 6. The van der Waals surface area contributed by atoms with Gasteiger partial charge in [-0.1, -0.05) is 0 Å². The first-order chi connectivity index (χ1) is 18.7. The second-order valence-electron chi connectivity index (χ2n) is 9.66. The molecule has 0 saturated carbocycles. The van der Waals surface area contributed by atoms with Gasteiger partial charge in [-0.25, -0.2) is 28.2 Å². The molecule has 0 aliphatic carbocycles. The smallest absolute Gasteiger partial charge is 0.296 e. The molecule has 1 atom stereocenters. The number of nitrogens with one attached hydrogen (secondary N) is 1. The fourth-order valence-electron chi connectivity index (χ4n) is 4.72. The number of likely N-dealkylation sites (tertiary alicyclic amines) is 1. The zero-order valence-corrected chi connectivity index (χ0v) is 21.3. The Kier molecular flexibility index (Phi) is 6.10. The van der Waals surface area contributed by atoms with Crippen LogP contribution < -0.4 is 20.5 Å². The van der Waals surface area contributed by atoms with Crippen LogP contribution in [0, 0.1) is 6.92 Å². The van der Waals surface area contributed by atoms with Crippen molar-refractivity contribution in [3.05, 3.63) is 66.9 Å². The Hall–Kier alpha value is -4.58. The quantitative estimate of drug-likeness (QED) is 0.297. The lowest BCUT2D eigenvalue weighted by atomic mass is 10.0. The number of aryl methyl sites for hydroxylation is 1. The third-order valence-corrected chi connectivity index (χ3v) is 6.64. The number of piperidine rings is 1. The van der Waals surface area contributed by atoms with Crippen LogP contribution in [0.25, 0.3) is 16.6 Å². The van der Waals surface area contributed by atoms with Gasteiger partial charge >= 0.3 is 0 Å². The number of fused-ring (bicyclic) bond motifs is 2. The lowest BCUT2D eigenvalue weighted by molar-refractivity contribution is -0.134. The van der Waals surface area contributed by atoms with Gasteiger partial charge in [0.05, 0.1) is 17.4 Å². The maximum Gasteiger partial charge on any atom is 0.296 e. The summed E-state index contributed by atoms with van der Waals surface area (Å²) < 4.78 is 43.2. The molecule has 0 bridgehead atoms. The zero-order valence-electron chi connectivity index (χ0n) is 21.3. The average Bonchev–Trinajstić information content (AvgIpc) is 3.35. The lowest BCUT2D eigenvalue weighted by Crippen LogP contribution is -2.52. The number of benzene rings is 2. The molecule has 0 radical (unpaired) electrons. The Labute approximate surface area is 222 Å². The van der Waals surface area contributed by atoms with Crippen LogP contribution in [0.15, 0.2) is 61.3 Å². The SMILES string of the molecule is Cc1cc(Nc2ncnc3cc(N)cc(OC4CCN(C)CC4(F)F)c23)ccc1Oc1ccn2ncnc2c1. The fraction of sp³-hybridized carbons (Fsp3) is 0.259. The standard InChI is InChI=1S/C27H26F2N8O2/c1-16-9-18(3-4-21(16)38-19-5-8-37-24(12-19)32-15-34-37)35-26-25-20(31-14-33-26)10-17(30)11-22(25)39-23-6-7-36(2)13-27(23,28)29/h3-5,8-12,14-15,23H,6-7,13,30H2,1-2H3,(H,31,33,35). The minimum atomic E-state index is -3.02. The van der Waals surface area contributed by atoms with Crippen LogP contribution in [0.1, 0.15) is 12.0 Å². The molecule has 10 nitrogen and oxygen atoms in total. The van der Waals surface area contributed by atoms with Crippen LogP contribution in [-0.4, -0.2) is 61.6 Å². The first kappa shape index (κ1) is 24.7. The van der Waals surface area contributed by atoms with Crippen LogP contribution in [0.3, 0.4) is 0 Å². The fourth-order valence-corrected chi connectivity index (χ4v) is 4.72. The highest BCUT2D eigenvalue weighted by molar-refractivity contribution is 5.97. The molecular formula is C27H26F2N8O2. The lowest BCUT2D eigenvalue weighted by Gasteiger charge is -2.36. The highest BCUT2D eigenvalue weighted by atomic mass is 19.3. The normalized spacial score (nSPS) is 17.4. The van der Waals surface area contributed by atoms with E-state index in [9.17, 15) is 8.78 Å². The molecule has 3 N–H and O–H groups in total. The van der Waals surface area contributed by atoms with Crippen molar-refractivity contribution in [2.75, 3.05) is 31.2 Å². The van der Waals surface area contributed by atoms with Crippen molar-refractivity contribution in [3.8, 4) is 17.2 Å². The van der Waals surface area contributed by atoms with Crippen LogP contribution in [-0.2, 0) is 0 Å². The van der Waals surface area contributed by atoms with E-state index in [2.05, 4.69) is 25.4 Å². The summed E-state index contributed by atoms with van der Waals surface area (Å²) in [7, 11) is 1.67. The van der Waals surface area contributed by atoms with Crippen molar-refractivity contribution in [3.63, 3.8) is 0 Å². The number of halogens is 2. The maximum atomic E-state index is 14.8. The second kappa shape index (κ2) is 9.62. The zero-order chi connectivity index (χ0) is 27.1. The minimum Gasteiger partial charge on any atom is -0.483 e. The van der Waals surface area contributed by atoms with Gasteiger partial charge in [0.2, 0.25) is 0 Å². The number of nitrogens with two attached hydrogens (primary N) is 1. The van der Waals surface area contributed by atoms with Crippen molar-refractivity contribution in [2.24, 2.45) is 0 Å². The third-order valence-electron chi connectivity index (χ3n) is 6.64. The van der Waals surface area contributed by atoms with E-state index in [-0.39, 0.29) is 18.7 Å². The van der Waals surface area contributed by atoms with Crippen molar-refractivity contribution in [1.82, 2.24) is 29.5 Å². The van der Waals surface area contributed by atoms with Crippen molar-refractivity contribution in [2.45, 2.75) is 25.4 Å². The molecule has 0 spiro atoms. The number of alkyl halides is 2. The monoisotopic (exact) mass is 532 g/mol. The number of nitrogens with zero attached hydrogens (tertiary/aromatic N) is 6. The molecule has 1 saturated heterocycles. The number of aromatic nitrogens is 5. The highest BCUT2D eigenvalue weighted by Gasteiger charge is 2.45. The van der Waals surface area contributed by atoms with Gasteiger partial charge in [-0.15, -0.1) is 0 Å². The Balaban J connectivity index is 1.28. The van der Waals surface area contributed by atoms with Crippen LogP contribution in [0.5, 0.6) is 17.2 Å². The number of hydrogen-bond donors (Lipinski definition) is 2. The molecular weight excluding hydrogens is 506 g/mol. The molecule has 39 heavy (non-hydrogen) atoms. The molecule has 2 aromatic carbocycles. The summed E-state index contributed by atoms with van der Waals surface area (Å²) in [5, 5.41) is 7.84. The average molecular weight is 533 g/mol. The Bertz CT molecular complexity index is 1680. The molecule has 1 unspecified atom stereocenters. The number of pyridine rings is 1. The van der Waals surface area contributed by atoms with Crippen molar-refractivity contribution >= 4 is 33.7 Å². The van der Waals surface area contributed by atoms with E-state index < -0.39 is 12.0 Å². The Morgan fingerprint density at radius 2 is 1.92 bits per heavy atom. The Morgan fingerprint density at radius 3 is 2.74 bits per heavy atom. The molecule has 1 aliphatic rings. The first-order valence-electron chi connectivity index (χ1n) is 12.4. The van der Waals surface area contributed by atoms with Crippen molar-refractivity contribution in [1.29, 1.82) is 0 Å². The second-order valence-corrected chi connectivity index (χ2v) is 9.66. The van der Waals surface area contributed by atoms with E-state index in [0.717, 1.165) is 11.3 Å². The third kappa shape index (κ3) is 4.98. The van der Waals surface area contributed by atoms with E-state index >= 15 is 0 Å². The summed E-state index contributed by atoms with van der Waals surface area (Å²) in [4.78, 5) is 14.5. The van der Waals surface area contributed by atoms with Crippen LogP contribution >= 0.6 is 0 Å². The van der Waals surface area contributed by atoms with Gasteiger partial charge in [-0.05, 0) is 49.9 Å². The van der Waals surface area contributed by atoms with Crippen LogP contribution in [0.2, 0.25) is 0 Å². The molecule has 3 aromatic heterocycles. The molecule has 0 amide bonds. The number of anilines is 3. The molecule has 6 rings (SSSR count). The van der Waals surface area contributed by atoms with Gasteiger partial charge in [0.1, 0.15) is 35.7 Å². The van der Waals surface area contributed by atoms with Gasteiger partial charge in [0, 0.05) is 42.7 Å². The van der Waals surface area contributed by atoms with Crippen LogP contribution in [0.4, 0.5) is 26.0 Å². The van der Waals surface area contributed by atoms with E-state index in [1.165, 1.54) is 12.7 Å². The van der Waals surface area contributed by atoms with Crippen molar-refractivity contribution < 1.29 is 18.3 Å². The van der Waals surface area contributed by atoms with Gasteiger partial charge < -0.3 is 25.4 Å². The maximum absolute atomic E-state index is 14.8. The summed E-state index contributed by atoms with van der Waals surface area (Å²) >= 11 is 0. The minimum absolute atomic E-state index is 0.181. The van der Waals surface area contributed by atoms with E-state index in [1.54, 1.807) is 46.9 Å². The van der Waals surface area contributed by atoms with E-state index in [1.807, 2.05) is 25.1 Å². The highest BCUT2D eigenvalue weighted by Crippen LogP contribution is 2.38. The number of ether oxygens (including phenoxy) is 2. The molecule has 1 fully saturated rings. The molecule has 1 aliphatic heterocycles. The summed E-state index contributed by atoms with van der Waals surface area (Å²) in [6, 6.07) is 12.4. The summed E-state index contributed by atoms with van der Waals surface area (Å²) in [5.74, 6) is -1.09. The van der Waals surface area contributed by atoms with Gasteiger partial charge in [0.15, 0.2) is 11.8 Å². The Morgan fingerprint density at radius 1 is 1.05 bits per heavy atom. The predicted molar refractivity (Wildman–Crippen MR) is 143 cm³/mol. The topological polar surface area (TPSA) is 116 Å². The van der Waals surface area contributed by atoms with Gasteiger partial charge in [-0.2, -0.15) is 5.10 Å². The molecule has 200 valence electrons. The van der Waals surface area contributed by atoms with Gasteiger partial charge in [0.25, 0.3) is 5.92 Å². The summed E-state index contributed by atoms with van der Waals surface area (Å²) in [5.41, 5.74) is 9.18. The largest absolute Gasteiger partial charge is 0.483 e. The number of hydrogen-bond acceptors (Lipinski definition) is 9. The van der Waals surface area contributed by atoms with E-state index in [4.69, 9.17) is 15.2 Å². The molecule has 12 heteroatoms. The summed E-state index contributed by atoms with van der Waals surface area (Å²) in [6.07, 6.45) is 3.54. The number of nitrogen functional groups attached to an aromatic ring is 1. The first-order valence-corrected chi connectivity index (χ1v) is 12.4. The van der Waals surface area contributed by atoms with E-state index in [0.29, 0.717) is 46.1 Å². The summed E-state index contributed by atoms with van der Waals surface area (Å²) in [6.45, 7) is 2.05. The van der Waals surface area contributed by atoms with Gasteiger partial charge in [-0.3, -0.25) is 0 Å². The molecule has 4 heterocycles.